The van der Waals surface area contributed by atoms with Crippen LogP contribution < -0.4 is 10.6 Å². The maximum atomic E-state index is 11.8. The highest BCUT2D eigenvalue weighted by atomic mass is 35.5. The second-order valence-electron chi connectivity index (χ2n) is 6.71. The highest BCUT2D eigenvalue weighted by molar-refractivity contribution is 6.17. The van der Waals surface area contributed by atoms with Crippen molar-refractivity contribution in [3.05, 3.63) is 0 Å². The summed E-state index contributed by atoms with van der Waals surface area (Å²) >= 11 is 5.61. The van der Waals surface area contributed by atoms with E-state index in [1.807, 2.05) is 0 Å². The molecule has 0 unspecified atom stereocenters. The van der Waals surface area contributed by atoms with Crippen molar-refractivity contribution in [2.24, 2.45) is 0 Å². The third-order valence-electron chi connectivity index (χ3n) is 3.34. The minimum absolute atomic E-state index is 0.0792. The van der Waals surface area contributed by atoms with Gasteiger partial charge in [0.15, 0.2) is 0 Å². The van der Waals surface area contributed by atoms with Gasteiger partial charge >= 0.3 is 0 Å². The number of carbonyl (C=O) groups excluding carboxylic acids is 1. The van der Waals surface area contributed by atoms with Gasteiger partial charge in [0.05, 0.1) is 0 Å². The first-order chi connectivity index (χ1) is 8.24. The quantitative estimate of drug-likeness (QED) is 0.598. The van der Waals surface area contributed by atoms with Crippen LogP contribution in [0.2, 0.25) is 0 Å². The Labute approximate surface area is 116 Å². The summed E-state index contributed by atoms with van der Waals surface area (Å²) in [6.45, 7) is 8.78. The molecule has 0 spiro atoms. The fourth-order valence-corrected chi connectivity index (χ4v) is 3.29. The van der Waals surface area contributed by atoms with Crippen LogP contribution in [0.3, 0.4) is 0 Å². The Bertz CT molecular complexity index is 274. The average Bonchev–Trinajstić information content (AvgIpc) is 2.12. The van der Waals surface area contributed by atoms with Crippen LogP contribution in [0.5, 0.6) is 0 Å². The van der Waals surface area contributed by atoms with E-state index in [1.165, 1.54) is 0 Å². The van der Waals surface area contributed by atoms with E-state index in [4.69, 9.17) is 11.6 Å². The third-order valence-corrected chi connectivity index (χ3v) is 3.61. The minimum Gasteiger partial charge on any atom is -0.353 e. The monoisotopic (exact) mass is 274 g/mol. The molecule has 0 bridgehead atoms. The van der Waals surface area contributed by atoms with Crippen LogP contribution in [0.4, 0.5) is 0 Å². The molecular formula is C14H27ClN2O. The Hall–Kier alpha value is -0.280. The van der Waals surface area contributed by atoms with Crippen molar-refractivity contribution in [2.45, 2.75) is 76.9 Å². The summed E-state index contributed by atoms with van der Waals surface area (Å²) in [6, 6.07) is 0.278. The van der Waals surface area contributed by atoms with Crippen molar-refractivity contribution in [3.63, 3.8) is 0 Å². The average molecular weight is 275 g/mol. The van der Waals surface area contributed by atoms with Crippen molar-refractivity contribution < 1.29 is 4.79 Å². The van der Waals surface area contributed by atoms with E-state index in [9.17, 15) is 4.79 Å². The molecule has 1 amide bonds. The number of carbonyl (C=O) groups is 1. The van der Waals surface area contributed by atoms with Gasteiger partial charge in [-0.25, -0.2) is 0 Å². The molecule has 106 valence electrons. The summed E-state index contributed by atoms with van der Waals surface area (Å²) in [4.78, 5) is 11.8. The Morgan fingerprint density at radius 1 is 1.22 bits per heavy atom. The zero-order chi connectivity index (χ0) is 13.8. The van der Waals surface area contributed by atoms with Gasteiger partial charge in [-0.15, -0.1) is 11.6 Å². The highest BCUT2D eigenvalue weighted by Crippen LogP contribution is 2.28. The molecule has 0 aromatic carbocycles. The number of unbranched alkanes of at least 4 members (excludes halogenated alkanes) is 1. The van der Waals surface area contributed by atoms with Crippen LogP contribution in [0.1, 0.15) is 59.8 Å². The van der Waals surface area contributed by atoms with Gasteiger partial charge in [-0.3, -0.25) is 4.79 Å². The van der Waals surface area contributed by atoms with Gasteiger partial charge in [0.2, 0.25) is 5.91 Å². The van der Waals surface area contributed by atoms with Crippen molar-refractivity contribution in [2.75, 3.05) is 5.88 Å². The first-order valence-corrected chi connectivity index (χ1v) is 7.42. The molecule has 0 aromatic heterocycles. The molecule has 4 heteroatoms. The number of rotatable bonds is 5. The molecular weight excluding hydrogens is 248 g/mol. The highest BCUT2D eigenvalue weighted by Gasteiger charge is 2.37. The van der Waals surface area contributed by atoms with Crippen LogP contribution in [0, 0.1) is 0 Å². The number of hydrogen-bond donors (Lipinski definition) is 2. The fourth-order valence-electron chi connectivity index (χ4n) is 3.10. The number of amides is 1. The van der Waals surface area contributed by atoms with E-state index in [0.717, 1.165) is 25.7 Å². The van der Waals surface area contributed by atoms with Crippen LogP contribution >= 0.6 is 11.6 Å². The Balaban J connectivity index is 2.44. The van der Waals surface area contributed by atoms with Crippen molar-refractivity contribution in [1.29, 1.82) is 0 Å². The first-order valence-electron chi connectivity index (χ1n) is 6.89. The van der Waals surface area contributed by atoms with Crippen molar-refractivity contribution in [1.82, 2.24) is 10.6 Å². The largest absolute Gasteiger partial charge is 0.353 e. The van der Waals surface area contributed by atoms with Crippen molar-refractivity contribution >= 4 is 17.5 Å². The van der Waals surface area contributed by atoms with Gasteiger partial charge in [0, 0.05) is 29.4 Å². The maximum Gasteiger partial charge on any atom is 0.220 e. The number of piperidine rings is 1. The van der Waals surface area contributed by atoms with Crippen LogP contribution in [0.25, 0.3) is 0 Å². The molecule has 3 nitrogen and oxygen atoms in total. The van der Waals surface area contributed by atoms with Crippen LogP contribution in [0.15, 0.2) is 0 Å². The molecule has 1 heterocycles. The number of alkyl halides is 1. The molecule has 18 heavy (non-hydrogen) atoms. The van der Waals surface area contributed by atoms with Gasteiger partial charge < -0.3 is 10.6 Å². The lowest BCUT2D eigenvalue weighted by Crippen LogP contribution is -2.62. The van der Waals surface area contributed by atoms with Gasteiger partial charge in [-0.2, -0.15) is 0 Å². The molecule has 1 saturated heterocycles. The smallest absolute Gasteiger partial charge is 0.220 e. The summed E-state index contributed by atoms with van der Waals surface area (Å²) < 4.78 is 0. The molecule has 1 rings (SSSR count). The summed E-state index contributed by atoms with van der Waals surface area (Å²) in [5.74, 6) is 0.805. The van der Waals surface area contributed by atoms with Gasteiger partial charge in [0.1, 0.15) is 0 Å². The minimum atomic E-state index is 0.0792. The summed E-state index contributed by atoms with van der Waals surface area (Å²) in [5.41, 5.74) is 0.158. The Kier molecular flexibility index (Phi) is 5.47. The van der Waals surface area contributed by atoms with E-state index < -0.39 is 0 Å². The lowest BCUT2D eigenvalue weighted by Gasteiger charge is -2.46. The van der Waals surface area contributed by atoms with Crippen LogP contribution in [-0.4, -0.2) is 28.9 Å². The van der Waals surface area contributed by atoms with Gasteiger partial charge in [0.25, 0.3) is 0 Å². The van der Waals surface area contributed by atoms with Gasteiger partial charge in [-0.1, -0.05) is 0 Å². The SMILES string of the molecule is CC1(C)CC(NC(=O)CCCCCl)CC(C)(C)N1. The molecule has 0 aromatic rings. The standard InChI is InChI=1S/C14H27ClN2O/c1-13(2)9-11(10-14(3,4)17-13)16-12(18)7-5-6-8-15/h11,17H,5-10H2,1-4H3,(H,16,18). The molecule has 2 N–H and O–H groups in total. The fraction of sp³-hybridized carbons (Fsp3) is 0.929. The summed E-state index contributed by atoms with van der Waals surface area (Å²) in [6.07, 6.45) is 4.36. The summed E-state index contributed by atoms with van der Waals surface area (Å²) in [7, 11) is 0. The lowest BCUT2D eigenvalue weighted by atomic mass is 9.79. The molecule has 1 fully saturated rings. The predicted molar refractivity (Wildman–Crippen MR) is 77.0 cm³/mol. The zero-order valence-electron chi connectivity index (χ0n) is 12.1. The molecule has 1 aliphatic heterocycles. The molecule has 0 saturated carbocycles. The first kappa shape index (κ1) is 15.8. The maximum absolute atomic E-state index is 11.8. The number of hydrogen-bond acceptors (Lipinski definition) is 2. The van der Waals surface area contributed by atoms with E-state index >= 15 is 0 Å². The molecule has 0 atom stereocenters. The van der Waals surface area contributed by atoms with E-state index in [1.54, 1.807) is 0 Å². The molecule has 0 radical (unpaired) electrons. The topological polar surface area (TPSA) is 41.1 Å². The molecule has 1 aliphatic rings. The van der Waals surface area contributed by atoms with E-state index in [2.05, 4.69) is 38.3 Å². The number of nitrogens with one attached hydrogen (secondary N) is 2. The predicted octanol–water partition coefficient (Wildman–Crippen LogP) is 2.82. The normalized spacial score (nSPS) is 22.7. The molecule has 0 aliphatic carbocycles. The Morgan fingerprint density at radius 2 is 1.78 bits per heavy atom. The summed E-state index contributed by atoms with van der Waals surface area (Å²) in [5, 5.41) is 6.79. The van der Waals surface area contributed by atoms with Crippen LogP contribution in [-0.2, 0) is 4.79 Å². The number of halogens is 1. The second kappa shape index (κ2) is 6.25. The van der Waals surface area contributed by atoms with E-state index in [-0.39, 0.29) is 23.0 Å². The van der Waals surface area contributed by atoms with E-state index in [0.29, 0.717) is 12.3 Å². The lowest BCUT2D eigenvalue weighted by molar-refractivity contribution is -0.122. The zero-order valence-corrected chi connectivity index (χ0v) is 12.9. The van der Waals surface area contributed by atoms with Crippen molar-refractivity contribution in [3.8, 4) is 0 Å². The van der Waals surface area contributed by atoms with Gasteiger partial charge in [-0.05, 0) is 53.4 Å². The Morgan fingerprint density at radius 3 is 2.28 bits per heavy atom. The third kappa shape index (κ3) is 5.57. The second-order valence-corrected chi connectivity index (χ2v) is 7.09.